The van der Waals surface area contributed by atoms with Crippen LogP contribution in [-0.4, -0.2) is 22.6 Å². The predicted octanol–water partition coefficient (Wildman–Crippen LogP) is 1.64. The maximum absolute atomic E-state index is 12.7. The normalized spacial score (nSPS) is 11.4. The average molecular weight is 300 g/mol. The van der Waals surface area contributed by atoms with Gasteiger partial charge in [0, 0.05) is 24.2 Å². The first-order valence-electron chi connectivity index (χ1n) is 5.88. The van der Waals surface area contributed by atoms with Crippen LogP contribution in [0.3, 0.4) is 0 Å². The first kappa shape index (κ1) is 14.8. The molecule has 3 N–H and O–H groups in total. The molecule has 0 unspecified atom stereocenters. The zero-order valence-corrected chi connectivity index (χ0v) is 10.6. The topological polar surface area (TPSA) is 94.0 Å². The van der Waals surface area contributed by atoms with Gasteiger partial charge in [-0.2, -0.15) is 18.2 Å². The SMILES string of the molecule is Nc1ccc(C(=O)NCCc2ncon2)cc1C(F)(F)F. The fourth-order valence-corrected chi connectivity index (χ4v) is 1.64. The number of nitrogens with one attached hydrogen (secondary N) is 1. The lowest BCUT2D eigenvalue weighted by atomic mass is 10.1. The van der Waals surface area contributed by atoms with Crippen molar-refractivity contribution in [2.75, 3.05) is 12.3 Å². The van der Waals surface area contributed by atoms with E-state index in [9.17, 15) is 18.0 Å². The third-order valence-electron chi connectivity index (χ3n) is 2.66. The number of nitrogens with two attached hydrogens (primary N) is 1. The summed E-state index contributed by atoms with van der Waals surface area (Å²) in [6.07, 6.45) is -3.15. The van der Waals surface area contributed by atoms with E-state index in [-0.39, 0.29) is 12.1 Å². The zero-order valence-electron chi connectivity index (χ0n) is 10.6. The van der Waals surface area contributed by atoms with E-state index in [0.717, 1.165) is 18.5 Å². The highest BCUT2D eigenvalue weighted by molar-refractivity contribution is 5.94. The van der Waals surface area contributed by atoms with Crippen molar-refractivity contribution in [2.45, 2.75) is 12.6 Å². The lowest BCUT2D eigenvalue weighted by Gasteiger charge is -2.11. The minimum atomic E-state index is -4.61. The van der Waals surface area contributed by atoms with Crippen molar-refractivity contribution in [3.05, 3.63) is 41.5 Å². The van der Waals surface area contributed by atoms with Gasteiger partial charge in [0.05, 0.1) is 5.56 Å². The van der Waals surface area contributed by atoms with E-state index in [1.165, 1.54) is 6.07 Å². The van der Waals surface area contributed by atoms with E-state index in [2.05, 4.69) is 20.0 Å². The molecule has 1 aromatic heterocycles. The van der Waals surface area contributed by atoms with Crippen LogP contribution in [0.15, 0.2) is 29.1 Å². The first-order chi connectivity index (χ1) is 9.88. The molecule has 0 saturated heterocycles. The molecule has 1 amide bonds. The Labute approximate surface area is 117 Å². The smallest absolute Gasteiger partial charge is 0.398 e. The number of aromatic nitrogens is 2. The molecule has 0 aliphatic rings. The third kappa shape index (κ3) is 3.71. The lowest BCUT2D eigenvalue weighted by molar-refractivity contribution is -0.136. The number of alkyl halides is 3. The fraction of sp³-hybridized carbons (Fsp3) is 0.250. The number of nitrogen functional groups attached to an aromatic ring is 1. The largest absolute Gasteiger partial charge is 0.418 e. The van der Waals surface area contributed by atoms with E-state index in [4.69, 9.17) is 5.73 Å². The maximum Gasteiger partial charge on any atom is 0.418 e. The van der Waals surface area contributed by atoms with Gasteiger partial charge in [-0.1, -0.05) is 5.16 Å². The molecule has 1 aromatic carbocycles. The highest BCUT2D eigenvalue weighted by Gasteiger charge is 2.33. The molecule has 0 fully saturated rings. The molecule has 0 saturated carbocycles. The summed E-state index contributed by atoms with van der Waals surface area (Å²) in [5.74, 6) is -0.243. The summed E-state index contributed by atoms with van der Waals surface area (Å²) in [5.41, 5.74) is 3.68. The maximum atomic E-state index is 12.7. The molecule has 0 spiro atoms. The molecule has 6 nitrogen and oxygen atoms in total. The van der Waals surface area contributed by atoms with Crippen LogP contribution in [0.2, 0.25) is 0 Å². The summed E-state index contributed by atoms with van der Waals surface area (Å²) in [5, 5.41) is 6.01. The second kappa shape index (κ2) is 5.81. The summed E-state index contributed by atoms with van der Waals surface area (Å²) >= 11 is 0. The lowest BCUT2D eigenvalue weighted by Crippen LogP contribution is -2.26. The van der Waals surface area contributed by atoms with Crippen molar-refractivity contribution in [3.8, 4) is 0 Å². The van der Waals surface area contributed by atoms with E-state index >= 15 is 0 Å². The van der Waals surface area contributed by atoms with Gasteiger partial charge in [0.15, 0.2) is 5.82 Å². The number of carbonyl (C=O) groups excluding carboxylic acids is 1. The summed E-state index contributed by atoms with van der Waals surface area (Å²) in [6, 6.07) is 3.00. The number of carbonyl (C=O) groups is 1. The summed E-state index contributed by atoms with van der Waals surface area (Å²) in [4.78, 5) is 15.5. The Morgan fingerprint density at radius 2 is 2.14 bits per heavy atom. The Hall–Kier alpha value is -2.58. The molecule has 112 valence electrons. The Morgan fingerprint density at radius 1 is 1.38 bits per heavy atom. The van der Waals surface area contributed by atoms with Crippen LogP contribution >= 0.6 is 0 Å². The minimum absolute atomic E-state index is 0.121. The Kier molecular flexibility index (Phi) is 4.10. The van der Waals surface area contributed by atoms with Crippen LogP contribution < -0.4 is 11.1 Å². The molecule has 21 heavy (non-hydrogen) atoms. The molecule has 0 radical (unpaired) electrons. The summed E-state index contributed by atoms with van der Waals surface area (Å²) < 4.78 is 42.6. The number of amides is 1. The highest BCUT2D eigenvalue weighted by atomic mass is 19.4. The monoisotopic (exact) mass is 300 g/mol. The van der Waals surface area contributed by atoms with Crippen molar-refractivity contribution in [1.29, 1.82) is 0 Å². The van der Waals surface area contributed by atoms with Crippen molar-refractivity contribution >= 4 is 11.6 Å². The summed E-state index contributed by atoms with van der Waals surface area (Å²) in [6.45, 7) is 0.171. The van der Waals surface area contributed by atoms with Crippen molar-refractivity contribution in [1.82, 2.24) is 15.5 Å². The number of hydrogen-bond acceptors (Lipinski definition) is 5. The number of hydrogen-bond donors (Lipinski definition) is 2. The molecule has 0 aliphatic heterocycles. The molecular weight excluding hydrogens is 289 g/mol. The van der Waals surface area contributed by atoms with Gasteiger partial charge in [0.25, 0.3) is 5.91 Å². The number of anilines is 1. The average Bonchev–Trinajstić information content (AvgIpc) is 2.91. The second-order valence-corrected chi connectivity index (χ2v) is 4.15. The van der Waals surface area contributed by atoms with Gasteiger partial charge in [0.1, 0.15) is 0 Å². The molecule has 0 aliphatic carbocycles. The van der Waals surface area contributed by atoms with Gasteiger partial charge in [-0.05, 0) is 18.2 Å². The van der Waals surface area contributed by atoms with Crippen molar-refractivity contribution < 1.29 is 22.5 Å². The molecule has 0 bridgehead atoms. The van der Waals surface area contributed by atoms with Crippen LogP contribution in [0.1, 0.15) is 21.7 Å². The Bertz CT molecular complexity index is 626. The highest BCUT2D eigenvalue weighted by Crippen LogP contribution is 2.33. The van der Waals surface area contributed by atoms with Gasteiger partial charge >= 0.3 is 6.18 Å². The van der Waals surface area contributed by atoms with Crippen LogP contribution in [0.25, 0.3) is 0 Å². The second-order valence-electron chi connectivity index (χ2n) is 4.15. The van der Waals surface area contributed by atoms with Crippen LogP contribution in [0.5, 0.6) is 0 Å². The predicted molar refractivity (Wildman–Crippen MR) is 66.2 cm³/mol. The standard InChI is InChI=1S/C12H11F3N4O2/c13-12(14,15)8-5-7(1-2-9(8)16)11(20)17-4-3-10-18-6-21-19-10/h1-2,5-6H,3-4,16H2,(H,17,20). The van der Waals surface area contributed by atoms with Gasteiger partial charge in [-0.25, -0.2) is 0 Å². The van der Waals surface area contributed by atoms with Crippen LogP contribution in [-0.2, 0) is 12.6 Å². The zero-order chi connectivity index (χ0) is 15.5. The van der Waals surface area contributed by atoms with E-state index < -0.39 is 23.3 Å². The number of nitrogens with zero attached hydrogens (tertiary/aromatic N) is 2. The quantitative estimate of drug-likeness (QED) is 0.837. The Balaban J connectivity index is 2.02. The molecule has 2 rings (SSSR count). The van der Waals surface area contributed by atoms with E-state index in [1.807, 2.05) is 0 Å². The summed E-state index contributed by atoms with van der Waals surface area (Å²) in [7, 11) is 0. The molecule has 1 heterocycles. The van der Waals surface area contributed by atoms with Crippen molar-refractivity contribution in [2.24, 2.45) is 0 Å². The molecule has 2 aromatic rings. The number of halogens is 3. The molecular formula is C12H11F3N4O2. The van der Waals surface area contributed by atoms with Gasteiger partial charge in [-0.3, -0.25) is 4.79 Å². The number of rotatable bonds is 4. The number of benzene rings is 1. The van der Waals surface area contributed by atoms with Gasteiger partial charge in [0.2, 0.25) is 6.39 Å². The van der Waals surface area contributed by atoms with Crippen LogP contribution in [0, 0.1) is 0 Å². The van der Waals surface area contributed by atoms with Crippen LogP contribution in [0.4, 0.5) is 18.9 Å². The molecule has 0 atom stereocenters. The van der Waals surface area contributed by atoms with Gasteiger partial charge < -0.3 is 15.6 Å². The minimum Gasteiger partial charge on any atom is -0.398 e. The van der Waals surface area contributed by atoms with E-state index in [1.54, 1.807) is 0 Å². The fourth-order valence-electron chi connectivity index (χ4n) is 1.64. The first-order valence-corrected chi connectivity index (χ1v) is 5.88. The molecule has 9 heteroatoms. The van der Waals surface area contributed by atoms with E-state index in [0.29, 0.717) is 12.2 Å². The van der Waals surface area contributed by atoms with Gasteiger partial charge in [-0.15, -0.1) is 0 Å². The third-order valence-corrected chi connectivity index (χ3v) is 2.66. The Morgan fingerprint density at radius 3 is 2.76 bits per heavy atom. The van der Waals surface area contributed by atoms with Crippen molar-refractivity contribution in [3.63, 3.8) is 0 Å².